The highest BCUT2D eigenvalue weighted by Gasteiger charge is 2.20. The molecule has 1 unspecified atom stereocenters. The molecule has 0 amide bonds. The first-order valence-corrected chi connectivity index (χ1v) is 11.1. The van der Waals surface area contributed by atoms with Crippen LogP contribution in [0.5, 0.6) is 11.5 Å². The predicted octanol–water partition coefficient (Wildman–Crippen LogP) is 1.64. The molecule has 0 spiro atoms. The van der Waals surface area contributed by atoms with Gasteiger partial charge in [-0.15, -0.1) is 11.3 Å². The van der Waals surface area contributed by atoms with Crippen LogP contribution in [0.2, 0.25) is 0 Å². The van der Waals surface area contributed by atoms with E-state index in [-0.39, 0.29) is 18.3 Å². The maximum atomic E-state index is 13.3. The molecule has 0 fully saturated rings. The summed E-state index contributed by atoms with van der Waals surface area (Å²) in [6.45, 7) is 5.08. The van der Waals surface area contributed by atoms with Crippen LogP contribution in [0.4, 0.5) is 0 Å². The van der Waals surface area contributed by atoms with Gasteiger partial charge in [0.2, 0.25) is 0 Å². The van der Waals surface area contributed by atoms with E-state index in [1.165, 1.54) is 11.3 Å². The number of para-hydroxylation sites is 1. The average molecular weight is 439 g/mol. The summed E-state index contributed by atoms with van der Waals surface area (Å²) in [6, 6.07) is 15.6. The number of rotatable bonds is 6. The fourth-order valence-corrected chi connectivity index (χ4v) is 4.35. The van der Waals surface area contributed by atoms with Crippen molar-refractivity contribution in [2.24, 2.45) is 0 Å². The third kappa shape index (κ3) is 4.90. The van der Waals surface area contributed by atoms with Gasteiger partial charge in [-0.25, -0.2) is 0 Å². The summed E-state index contributed by atoms with van der Waals surface area (Å²) < 4.78 is 14.7. The standard InChI is InChI=1S/C24H26N2O4S/c1-16(2)25-11-10-23-26(18-6-4-3-5-7-18)24(28)22(31-23)13-17-8-9-20-21(12-17)30-19(14-27)15-29-20/h3-10,12-13,16,19,25,27H,11,14-15H2,1-2H3/b22-13-,23-10+. The van der Waals surface area contributed by atoms with Crippen LogP contribution < -0.4 is 29.5 Å². The average Bonchev–Trinajstić information content (AvgIpc) is 3.08. The van der Waals surface area contributed by atoms with Gasteiger partial charge >= 0.3 is 0 Å². The summed E-state index contributed by atoms with van der Waals surface area (Å²) >= 11 is 1.46. The topological polar surface area (TPSA) is 72.7 Å². The van der Waals surface area contributed by atoms with Crippen molar-refractivity contribution < 1.29 is 14.6 Å². The minimum absolute atomic E-state index is 0.0601. The van der Waals surface area contributed by atoms with Crippen LogP contribution in [0.25, 0.3) is 17.8 Å². The number of fused-ring (bicyclic) bond motifs is 1. The summed E-state index contributed by atoms with van der Waals surface area (Å²) in [5, 5.41) is 12.7. The van der Waals surface area contributed by atoms with E-state index in [9.17, 15) is 9.90 Å². The van der Waals surface area contributed by atoms with Crippen LogP contribution in [0.1, 0.15) is 19.4 Å². The second-order valence-corrected chi connectivity index (χ2v) is 8.69. The third-order valence-corrected chi connectivity index (χ3v) is 5.92. The molecule has 0 saturated heterocycles. The Morgan fingerprint density at radius 1 is 1.23 bits per heavy atom. The Hall–Kier alpha value is -2.87. The molecule has 2 N–H and O–H groups in total. The summed E-state index contributed by atoms with van der Waals surface area (Å²) in [5.74, 6) is 1.22. The Morgan fingerprint density at radius 2 is 2.03 bits per heavy atom. The highest BCUT2D eigenvalue weighted by atomic mass is 32.1. The van der Waals surface area contributed by atoms with Gasteiger partial charge in [0.1, 0.15) is 11.3 Å². The predicted molar refractivity (Wildman–Crippen MR) is 124 cm³/mol. The van der Waals surface area contributed by atoms with Crippen LogP contribution >= 0.6 is 11.3 Å². The van der Waals surface area contributed by atoms with E-state index >= 15 is 0 Å². The summed E-state index contributed by atoms with van der Waals surface area (Å²) in [7, 11) is 0. The van der Waals surface area contributed by atoms with Crippen LogP contribution in [0, 0.1) is 0 Å². The van der Waals surface area contributed by atoms with Crippen molar-refractivity contribution in [2.45, 2.75) is 26.0 Å². The molecule has 3 aromatic rings. The number of nitrogens with one attached hydrogen (secondary N) is 1. The van der Waals surface area contributed by atoms with Gasteiger partial charge in [0, 0.05) is 12.6 Å². The number of hydrogen-bond donors (Lipinski definition) is 2. The number of ether oxygens (including phenoxy) is 2. The molecule has 6 nitrogen and oxygen atoms in total. The summed E-state index contributed by atoms with van der Waals surface area (Å²) in [4.78, 5) is 13.3. The molecule has 1 aliphatic rings. The van der Waals surface area contributed by atoms with Gasteiger partial charge in [-0.05, 0) is 42.0 Å². The zero-order chi connectivity index (χ0) is 21.8. The monoisotopic (exact) mass is 438 g/mol. The lowest BCUT2D eigenvalue weighted by atomic mass is 10.2. The Labute approximate surface area is 184 Å². The van der Waals surface area contributed by atoms with Crippen molar-refractivity contribution >= 4 is 23.5 Å². The van der Waals surface area contributed by atoms with Crippen LogP contribution in [0.15, 0.2) is 53.3 Å². The molecular weight excluding hydrogens is 412 g/mol. The zero-order valence-electron chi connectivity index (χ0n) is 17.6. The molecule has 31 heavy (non-hydrogen) atoms. The molecular formula is C24H26N2O4S. The number of benzene rings is 2. The summed E-state index contributed by atoms with van der Waals surface area (Å²) in [5.41, 5.74) is 1.62. The Kier molecular flexibility index (Phi) is 6.56. The summed E-state index contributed by atoms with van der Waals surface area (Å²) in [6.07, 6.45) is 3.53. The normalized spacial score (nSPS) is 16.8. The Morgan fingerprint density at radius 3 is 2.77 bits per heavy atom. The van der Waals surface area contributed by atoms with E-state index in [2.05, 4.69) is 19.2 Å². The number of aliphatic hydroxyl groups is 1. The molecule has 0 bridgehead atoms. The van der Waals surface area contributed by atoms with Gasteiger partial charge < -0.3 is 19.9 Å². The highest BCUT2D eigenvalue weighted by Crippen LogP contribution is 2.32. The van der Waals surface area contributed by atoms with Gasteiger partial charge in [0.05, 0.1) is 16.8 Å². The van der Waals surface area contributed by atoms with E-state index < -0.39 is 0 Å². The van der Waals surface area contributed by atoms with Crippen molar-refractivity contribution in [3.8, 4) is 17.2 Å². The molecule has 1 aliphatic heterocycles. The van der Waals surface area contributed by atoms with Crippen molar-refractivity contribution in [2.75, 3.05) is 19.8 Å². The molecule has 162 valence electrons. The van der Waals surface area contributed by atoms with Crippen LogP contribution in [-0.2, 0) is 0 Å². The highest BCUT2D eigenvalue weighted by molar-refractivity contribution is 7.07. The second kappa shape index (κ2) is 9.51. The molecule has 2 aromatic carbocycles. The van der Waals surface area contributed by atoms with E-state index in [1.807, 2.05) is 60.7 Å². The van der Waals surface area contributed by atoms with Gasteiger partial charge in [0.25, 0.3) is 5.56 Å². The molecule has 1 aromatic heterocycles. The lowest BCUT2D eigenvalue weighted by Gasteiger charge is -2.25. The number of thiazole rings is 1. The number of hydrogen-bond acceptors (Lipinski definition) is 6. The number of aliphatic hydroxyl groups excluding tert-OH is 1. The van der Waals surface area contributed by atoms with E-state index in [0.717, 1.165) is 15.9 Å². The van der Waals surface area contributed by atoms with E-state index in [0.29, 0.717) is 35.2 Å². The molecule has 7 heteroatoms. The van der Waals surface area contributed by atoms with Gasteiger partial charge in [-0.3, -0.25) is 9.36 Å². The molecule has 4 rings (SSSR count). The molecule has 1 atom stereocenters. The van der Waals surface area contributed by atoms with Gasteiger partial charge in [-0.1, -0.05) is 38.1 Å². The fourth-order valence-electron chi connectivity index (χ4n) is 3.30. The SMILES string of the molecule is CC(C)NC/C=c1/s/c(=C\c2ccc3c(c2)OC(CO)CO3)c(=O)n1-c1ccccc1. The fraction of sp³-hybridized carbons (Fsp3) is 0.292. The zero-order valence-corrected chi connectivity index (χ0v) is 18.4. The van der Waals surface area contributed by atoms with Crippen molar-refractivity contribution in [3.63, 3.8) is 0 Å². The molecule has 2 heterocycles. The van der Waals surface area contributed by atoms with Crippen molar-refractivity contribution in [1.82, 2.24) is 9.88 Å². The molecule has 0 radical (unpaired) electrons. The quantitative estimate of drug-likeness (QED) is 0.612. The number of aromatic nitrogens is 1. The van der Waals surface area contributed by atoms with Crippen molar-refractivity contribution in [1.29, 1.82) is 0 Å². The molecule has 0 saturated carbocycles. The minimum Gasteiger partial charge on any atom is -0.486 e. The lowest BCUT2D eigenvalue weighted by molar-refractivity contribution is 0.0456. The number of nitrogens with zero attached hydrogens (tertiary/aromatic N) is 1. The maximum absolute atomic E-state index is 13.3. The molecule has 0 aliphatic carbocycles. The Balaban J connectivity index is 1.78. The third-order valence-electron chi connectivity index (χ3n) is 4.85. The maximum Gasteiger partial charge on any atom is 0.273 e. The lowest BCUT2D eigenvalue weighted by Crippen LogP contribution is -2.32. The minimum atomic E-state index is -0.380. The van der Waals surface area contributed by atoms with Gasteiger partial charge in [0.15, 0.2) is 17.6 Å². The smallest absolute Gasteiger partial charge is 0.273 e. The first kappa shape index (κ1) is 21.4. The van der Waals surface area contributed by atoms with Crippen molar-refractivity contribution in [3.05, 3.63) is 73.6 Å². The van der Waals surface area contributed by atoms with Gasteiger partial charge in [-0.2, -0.15) is 0 Å². The van der Waals surface area contributed by atoms with Crippen LogP contribution in [0.3, 0.4) is 0 Å². The Bertz CT molecular complexity index is 1210. The largest absolute Gasteiger partial charge is 0.486 e. The first-order chi connectivity index (χ1) is 15.0. The second-order valence-electron chi connectivity index (χ2n) is 7.63. The van der Waals surface area contributed by atoms with E-state index in [1.54, 1.807) is 4.57 Å². The van der Waals surface area contributed by atoms with E-state index in [4.69, 9.17) is 9.47 Å². The first-order valence-electron chi connectivity index (χ1n) is 10.3. The van der Waals surface area contributed by atoms with Crippen LogP contribution in [-0.4, -0.2) is 41.6 Å².